The van der Waals surface area contributed by atoms with Crippen molar-refractivity contribution in [3.8, 4) is 5.75 Å². The third kappa shape index (κ3) is 3.24. The van der Waals surface area contributed by atoms with E-state index in [0.717, 1.165) is 5.56 Å². The number of carboxylic acids is 1. The Balaban J connectivity index is 2.07. The van der Waals surface area contributed by atoms with Crippen molar-refractivity contribution in [2.45, 2.75) is 19.8 Å². The van der Waals surface area contributed by atoms with Crippen molar-refractivity contribution in [3.05, 3.63) is 63.1 Å². The molecule has 0 radical (unpaired) electrons. The maximum absolute atomic E-state index is 12.8. The van der Waals surface area contributed by atoms with E-state index in [-0.39, 0.29) is 19.8 Å². The molecule has 8 heteroatoms. The Labute approximate surface area is 142 Å². The summed E-state index contributed by atoms with van der Waals surface area (Å²) in [6.07, 6.45) is 0. The lowest BCUT2D eigenvalue weighted by atomic mass is 10.1. The number of hydrogen-bond donors (Lipinski definition) is 3. The number of benzene rings is 1. The van der Waals surface area contributed by atoms with Crippen LogP contribution in [0.5, 0.6) is 5.75 Å². The fourth-order valence-electron chi connectivity index (χ4n) is 2.76. The Kier molecular flexibility index (Phi) is 4.53. The molecule has 2 heterocycles. The highest BCUT2D eigenvalue weighted by atomic mass is 16.5. The molecule has 0 atom stereocenters. The molecule has 2 aromatic rings. The van der Waals surface area contributed by atoms with Gasteiger partial charge in [-0.2, -0.15) is 0 Å². The number of rotatable bonds is 5. The molecule has 1 amide bonds. The zero-order valence-corrected chi connectivity index (χ0v) is 13.2. The number of carboxylic acid groups (broad SMARTS) is 1. The summed E-state index contributed by atoms with van der Waals surface area (Å²) >= 11 is 0. The van der Waals surface area contributed by atoms with Crippen LogP contribution < -0.4 is 10.9 Å². The normalized spacial score (nSPS) is 12.6. The number of nitrogens with zero attached hydrogens (tertiary/aromatic N) is 1. The van der Waals surface area contributed by atoms with Crippen LogP contribution >= 0.6 is 0 Å². The molecule has 0 bridgehead atoms. The van der Waals surface area contributed by atoms with Crippen molar-refractivity contribution in [1.29, 1.82) is 0 Å². The number of aliphatic carboxylic acids is 1. The molecule has 0 saturated carbocycles. The predicted octanol–water partition coefficient (Wildman–Crippen LogP) is 0.447. The average Bonchev–Trinajstić information content (AvgIpc) is 3.08. The van der Waals surface area contributed by atoms with Gasteiger partial charge in [0.15, 0.2) is 0 Å². The Bertz CT molecular complexity index is 888. The minimum atomic E-state index is -1.25. The van der Waals surface area contributed by atoms with Crippen molar-refractivity contribution in [3.63, 3.8) is 0 Å². The van der Waals surface area contributed by atoms with E-state index in [9.17, 15) is 19.5 Å². The SMILES string of the molecule is O=C(O)CNC(=O)c1c(O)c2c(n(Cc3ccccc3)c1=O)COC2. The van der Waals surface area contributed by atoms with Crippen LogP contribution in [-0.4, -0.2) is 33.2 Å². The summed E-state index contributed by atoms with van der Waals surface area (Å²) in [5.74, 6) is -2.63. The van der Waals surface area contributed by atoms with E-state index in [1.54, 1.807) is 0 Å². The Morgan fingerprint density at radius 2 is 1.92 bits per heavy atom. The molecule has 130 valence electrons. The summed E-state index contributed by atoms with van der Waals surface area (Å²) in [6.45, 7) is -0.202. The maximum Gasteiger partial charge on any atom is 0.322 e. The van der Waals surface area contributed by atoms with E-state index < -0.39 is 35.3 Å². The minimum Gasteiger partial charge on any atom is -0.506 e. The summed E-state index contributed by atoms with van der Waals surface area (Å²) in [6, 6.07) is 9.19. The van der Waals surface area contributed by atoms with E-state index in [0.29, 0.717) is 11.3 Å². The number of fused-ring (bicyclic) bond motifs is 1. The number of ether oxygens (including phenoxy) is 1. The molecule has 0 aliphatic carbocycles. The number of aromatic hydroxyl groups is 1. The maximum atomic E-state index is 12.8. The molecule has 25 heavy (non-hydrogen) atoms. The van der Waals surface area contributed by atoms with Gasteiger partial charge in [0.2, 0.25) is 0 Å². The number of hydrogen-bond acceptors (Lipinski definition) is 5. The van der Waals surface area contributed by atoms with Gasteiger partial charge in [0.25, 0.3) is 11.5 Å². The highest BCUT2D eigenvalue weighted by Crippen LogP contribution is 2.30. The minimum absolute atomic E-state index is 0.0788. The number of carbonyl (C=O) groups is 2. The van der Waals surface area contributed by atoms with E-state index in [4.69, 9.17) is 9.84 Å². The first-order valence-corrected chi connectivity index (χ1v) is 7.58. The second-order valence-electron chi connectivity index (χ2n) is 5.59. The molecule has 0 saturated heterocycles. The van der Waals surface area contributed by atoms with Crippen LogP contribution in [0.2, 0.25) is 0 Å². The predicted molar refractivity (Wildman–Crippen MR) is 86.4 cm³/mol. The quantitative estimate of drug-likeness (QED) is 0.725. The van der Waals surface area contributed by atoms with Gasteiger partial charge in [0.1, 0.15) is 17.9 Å². The molecule has 0 unspecified atom stereocenters. The highest BCUT2D eigenvalue weighted by molar-refractivity contribution is 5.98. The Hall–Kier alpha value is -3.13. The number of carbonyl (C=O) groups excluding carboxylic acids is 1. The smallest absolute Gasteiger partial charge is 0.322 e. The zero-order chi connectivity index (χ0) is 18.0. The lowest BCUT2D eigenvalue weighted by molar-refractivity contribution is -0.135. The van der Waals surface area contributed by atoms with Crippen LogP contribution in [0.3, 0.4) is 0 Å². The van der Waals surface area contributed by atoms with Crippen LogP contribution in [0.25, 0.3) is 0 Å². The summed E-state index contributed by atoms with van der Waals surface area (Å²) in [5, 5.41) is 21.1. The monoisotopic (exact) mass is 344 g/mol. The van der Waals surface area contributed by atoms with Gasteiger partial charge in [0.05, 0.1) is 25.5 Å². The van der Waals surface area contributed by atoms with Crippen molar-refractivity contribution in [1.82, 2.24) is 9.88 Å². The lowest BCUT2D eigenvalue weighted by Gasteiger charge is -2.15. The molecule has 0 spiro atoms. The first-order chi connectivity index (χ1) is 12.0. The molecule has 1 aliphatic heterocycles. The van der Waals surface area contributed by atoms with Gasteiger partial charge >= 0.3 is 5.97 Å². The fraction of sp³-hybridized carbons (Fsp3) is 0.235. The van der Waals surface area contributed by atoms with Gasteiger partial charge in [-0.05, 0) is 5.56 Å². The largest absolute Gasteiger partial charge is 0.506 e. The lowest BCUT2D eigenvalue weighted by Crippen LogP contribution is -2.37. The third-order valence-electron chi connectivity index (χ3n) is 3.95. The Morgan fingerprint density at radius 3 is 2.60 bits per heavy atom. The third-order valence-corrected chi connectivity index (χ3v) is 3.95. The molecular formula is C17H16N2O6. The molecule has 0 fully saturated rings. The molecule has 1 aromatic heterocycles. The van der Waals surface area contributed by atoms with Crippen LogP contribution in [0, 0.1) is 0 Å². The molecule has 1 aliphatic rings. The average molecular weight is 344 g/mol. The van der Waals surface area contributed by atoms with Crippen molar-refractivity contribution >= 4 is 11.9 Å². The molecule has 8 nitrogen and oxygen atoms in total. The van der Waals surface area contributed by atoms with E-state index in [1.165, 1.54) is 4.57 Å². The summed E-state index contributed by atoms with van der Waals surface area (Å²) in [5.41, 5.74) is 0.577. The van der Waals surface area contributed by atoms with Crippen LogP contribution in [0.4, 0.5) is 0 Å². The van der Waals surface area contributed by atoms with Crippen molar-refractivity contribution < 1.29 is 24.5 Å². The first kappa shape index (κ1) is 16.7. The number of aromatic nitrogens is 1. The zero-order valence-electron chi connectivity index (χ0n) is 13.2. The second kappa shape index (κ2) is 6.78. The first-order valence-electron chi connectivity index (χ1n) is 7.58. The van der Waals surface area contributed by atoms with Crippen molar-refractivity contribution in [2.24, 2.45) is 0 Å². The molecule has 3 rings (SSSR count). The number of nitrogens with one attached hydrogen (secondary N) is 1. The summed E-state index contributed by atoms with van der Waals surface area (Å²) in [7, 11) is 0. The number of pyridine rings is 1. The summed E-state index contributed by atoms with van der Waals surface area (Å²) < 4.78 is 6.70. The van der Waals surface area contributed by atoms with Crippen LogP contribution in [-0.2, 0) is 29.3 Å². The second-order valence-corrected chi connectivity index (χ2v) is 5.59. The van der Waals surface area contributed by atoms with Gasteiger partial charge in [-0.3, -0.25) is 14.4 Å². The van der Waals surface area contributed by atoms with Gasteiger partial charge in [-0.1, -0.05) is 30.3 Å². The molecule has 1 aromatic carbocycles. The van der Waals surface area contributed by atoms with E-state index in [2.05, 4.69) is 5.32 Å². The van der Waals surface area contributed by atoms with Crippen LogP contribution in [0.15, 0.2) is 35.1 Å². The topological polar surface area (TPSA) is 118 Å². The van der Waals surface area contributed by atoms with Gasteiger partial charge in [-0.25, -0.2) is 0 Å². The van der Waals surface area contributed by atoms with Gasteiger partial charge in [-0.15, -0.1) is 0 Å². The highest BCUT2D eigenvalue weighted by Gasteiger charge is 2.28. The van der Waals surface area contributed by atoms with E-state index >= 15 is 0 Å². The number of amides is 1. The Morgan fingerprint density at radius 1 is 1.20 bits per heavy atom. The van der Waals surface area contributed by atoms with Gasteiger partial charge in [0, 0.05) is 5.56 Å². The van der Waals surface area contributed by atoms with E-state index in [1.807, 2.05) is 30.3 Å². The molecular weight excluding hydrogens is 328 g/mol. The van der Waals surface area contributed by atoms with Crippen LogP contribution in [0.1, 0.15) is 27.2 Å². The fourth-order valence-corrected chi connectivity index (χ4v) is 2.76. The van der Waals surface area contributed by atoms with Crippen molar-refractivity contribution in [2.75, 3.05) is 6.54 Å². The van der Waals surface area contributed by atoms with Gasteiger partial charge < -0.3 is 24.8 Å². The summed E-state index contributed by atoms with van der Waals surface area (Å²) in [4.78, 5) is 35.6. The molecule has 3 N–H and O–H groups in total. The standard InChI is InChI=1S/C17H16N2O6/c20-13(21)6-18-16(23)14-15(22)11-8-25-9-12(11)19(17(14)24)7-10-4-2-1-3-5-10/h1-5,22H,6-9H2,(H,18,23)(H,20,21).